The van der Waals surface area contributed by atoms with Crippen LogP contribution in [0.3, 0.4) is 0 Å². The first-order valence-electron chi connectivity index (χ1n) is 4.10. The van der Waals surface area contributed by atoms with Crippen LogP contribution in [0.1, 0.15) is 4.88 Å². The first-order valence-corrected chi connectivity index (χ1v) is 6.59. The largest absolute Gasteiger partial charge is 0.480 e. The summed E-state index contributed by atoms with van der Waals surface area (Å²) in [6.07, 6.45) is 0. The molecule has 1 aromatic heterocycles. The van der Waals surface area contributed by atoms with Crippen molar-refractivity contribution < 1.29 is 18.3 Å². The van der Waals surface area contributed by atoms with Gasteiger partial charge in [0.1, 0.15) is 0 Å². The molecule has 1 heterocycles. The molecule has 84 valence electrons. The van der Waals surface area contributed by atoms with Crippen LogP contribution < -0.4 is 0 Å². The van der Waals surface area contributed by atoms with Crippen LogP contribution in [0.25, 0.3) is 0 Å². The van der Waals surface area contributed by atoms with Crippen LogP contribution in [0, 0.1) is 0 Å². The quantitative estimate of drug-likeness (QED) is 0.829. The fraction of sp³-hybridized carbons (Fsp3) is 0.375. The van der Waals surface area contributed by atoms with Gasteiger partial charge in [-0.05, 0) is 11.4 Å². The van der Waals surface area contributed by atoms with E-state index in [0.717, 1.165) is 9.18 Å². The van der Waals surface area contributed by atoms with Gasteiger partial charge in [-0.15, -0.1) is 11.3 Å². The fourth-order valence-electron chi connectivity index (χ4n) is 0.987. The molecule has 0 aliphatic carbocycles. The molecular weight excluding hydrogens is 238 g/mol. The Morgan fingerprint density at radius 1 is 1.60 bits per heavy atom. The molecule has 0 aliphatic heterocycles. The average molecular weight is 249 g/mol. The lowest BCUT2D eigenvalue weighted by molar-refractivity contribution is -0.134. The maximum Gasteiger partial charge on any atom is 0.320 e. The van der Waals surface area contributed by atoms with Gasteiger partial charge in [0.2, 0.25) is 10.0 Å². The van der Waals surface area contributed by atoms with Crippen molar-refractivity contribution >= 4 is 27.3 Å². The molecule has 0 saturated heterocycles. The topological polar surface area (TPSA) is 74.7 Å². The predicted octanol–water partition coefficient (Wildman–Crippen LogP) is 0.594. The van der Waals surface area contributed by atoms with Crippen LogP contribution in [-0.4, -0.2) is 36.6 Å². The number of nitrogens with zero attached hydrogens (tertiary/aromatic N) is 1. The molecule has 0 aromatic carbocycles. The van der Waals surface area contributed by atoms with Crippen LogP contribution in [0.2, 0.25) is 0 Å². The summed E-state index contributed by atoms with van der Waals surface area (Å²) in [6.45, 7) is 0.216. The zero-order valence-electron chi connectivity index (χ0n) is 8.08. The van der Waals surface area contributed by atoms with E-state index in [-0.39, 0.29) is 6.54 Å². The molecule has 0 spiro atoms. The minimum absolute atomic E-state index is 0.216. The first-order chi connectivity index (χ1) is 6.92. The van der Waals surface area contributed by atoms with Gasteiger partial charge in [-0.3, -0.25) is 4.79 Å². The summed E-state index contributed by atoms with van der Waals surface area (Å²) in [5.41, 5.74) is 0. The minimum Gasteiger partial charge on any atom is -0.480 e. The number of carboxylic acid groups (broad SMARTS) is 1. The van der Waals surface area contributed by atoms with Gasteiger partial charge >= 0.3 is 5.97 Å². The van der Waals surface area contributed by atoms with E-state index in [9.17, 15) is 13.2 Å². The van der Waals surface area contributed by atoms with Crippen molar-refractivity contribution in [1.29, 1.82) is 0 Å². The van der Waals surface area contributed by atoms with Gasteiger partial charge in [0.15, 0.2) is 5.75 Å². The molecule has 0 radical (unpaired) electrons. The lowest BCUT2D eigenvalue weighted by Gasteiger charge is -2.14. The number of rotatable bonds is 5. The van der Waals surface area contributed by atoms with Gasteiger partial charge < -0.3 is 5.11 Å². The second-order valence-corrected chi connectivity index (χ2v) is 6.09. The maximum absolute atomic E-state index is 11.4. The van der Waals surface area contributed by atoms with E-state index in [1.807, 2.05) is 11.4 Å². The lowest BCUT2D eigenvalue weighted by atomic mass is 10.5. The van der Waals surface area contributed by atoms with E-state index in [2.05, 4.69) is 0 Å². The van der Waals surface area contributed by atoms with E-state index in [1.54, 1.807) is 6.07 Å². The molecule has 0 amide bonds. The molecular formula is C8H11NO4S2. The second-order valence-electron chi connectivity index (χ2n) is 2.99. The van der Waals surface area contributed by atoms with E-state index < -0.39 is 21.7 Å². The molecule has 1 rings (SSSR count). The van der Waals surface area contributed by atoms with Crippen LogP contribution >= 0.6 is 11.3 Å². The Balaban J connectivity index is 2.68. The summed E-state index contributed by atoms with van der Waals surface area (Å²) < 4.78 is 23.9. The average Bonchev–Trinajstić information content (AvgIpc) is 2.54. The third-order valence-electron chi connectivity index (χ3n) is 1.74. The summed E-state index contributed by atoms with van der Waals surface area (Å²) in [4.78, 5) is 11.2. The van der Waals surface area contributed by atoms with E-state index in [4.69, 9.17) is 5.11 Å². The van der Waals surface area contributed by atoms with Crippen LogP contribution in [0.15, 0.2) is 17.5 Å². The van der Waals surface area contributed by atoms with Crippen LogP contribution in [0.4, 0.5) is 0 Å². The van der Waals surface area contributed by atoms with Crippen molar-refractivity contribution in [3.05, 3.63) is 22.4 Å². The number of carbonyl (C=O) groups is 1. The Bertz CT molecular complexity index is 424. The van der Waals surface area contributed by atoms with Gasteiger partial charge in [0, 0.05) is 18.5 Å². The first kappa shape index (κ1) is 12.2. The molecule has 1 N–H and O–H groups in total. The standard InChI is InChI=1S/C8H11NO4S2/c1-9(5-7-3-2-4-14-7)15(12,13)6-8(10)11/h2-4H,5-6H2,1H3,(H,10,11). The van der Waals surface area contributed by atoms with Gasteiger partial charge in [-0.25, -0.2) is 8.42 Å². The smallest absolute Gasteiger partial charge is 0.320 e. The monoisotopic (exact) mass is 249 g/mol. The molecule has 0 saturated carbocycles. The van der Waals surface area contributed by atoms with Crippen molar-refractivity contribution in [2.45, 2.75) is 6.54 Å². The Hall–Kier alpha value is -0.920. The van der Waals surface area contributed by atoms with Crippen molar-refractivity contribution in [2.24, 2.45) is 0 Å². The third-order valence-corrected chi connectivity index (χ3v) is 4.29. The second kappa shape index (κ2) is 4.73. The molecule has 0 bridgehead atoms. The number of carboxylic acids is 1. The molecule has 15 heavy (non-hydrogen) atoms. The predicted molar refractivity (Wildman–Crippen MR) is 57.2 cm³/mol. The van der Waals surface area contributed by atoms with E-state index in [0.29, 0.717) is 0 Å². The van der Waals surface area contributed by atoms with Gasteiger partial charge in [0.05, 0.1) is 0 Å². The normalized spacial score (nSPS) is 11.9. The molecule has 0 atom stereocenters. The highest BCUT2D eigenvalue weighted by atomic mass is 32.2. The SMILES string of the molecule is CN(Cc1cccs1)S(=O)(=O)CC(=O)O. The zero-order valence-corrected chi connectivity index (χ0v) is 9.71. The highest BCUT2D eigenvalue weighted by Crippen LogP contribution is 2.13. The molecule has 0 fully saturated rings. The van der Waals surface area contributed by atoms with E-state index >= 15 is 0 Å². The number of hydrogen-bond acceptors (Lipinski definition) is 4. The number of sulfonamides is 1. The summed E-state index contributed by atoms with van der Waals surface area (Å²) in [7, 11) is -2.32. The third kappa shape index (κ3) is 3.61. The van der Waals surface area contributed by atoms with Crippen molar-refractivity contribution in [3.63, 3.8) is 0 Å². The van der Waals surface area contributed by atoms with Crippen LogP contribution in [-0.2, 0) is 21.4 Å². The minimum atomic E-state index is -3.70. The van der Waals surface area contributed by atoms with Gasteiger partial charge in [0.25, 0.3) is 0 Å². The van der Waals surface area contributed by atoms with Crippen molar-refractivity contribution in [2.75, 3.05) is 12.8 Å². The Morgan fingerprint density at radius 3 is 2.73 bits per heavy atom. The number of hydrogen-bond donors (Lipinski definition) is 1. The van der Waals surface area contributed by atoms with Gasteiger partial charge in [-0.2, -0.15) is 4.31 Å². The Morgan fingerprint density at radius 2 is 2.27 bits per heavy atom. The van der Waals surface area contributed by atoms with Crippen molar-refractivity contribution in [3.8, 4) is 0 Å². The number of aliphatic carboxylic acids is 1. The maximum atomic E-state index is 11.4. The molecule has 0 aliphatic rings. The van der Waals surface area contributed by atoms with Crippen LogP contribution in [0.5, 0.6) is 0 Å². The molecule has 5 nitrogen and oxygen atoms in total. The summed E-state index contributed by atoms with van der Waals surface area (Å²) in [5, 5.41) is 10.3. The lowest BCUT2D eigenvalue weighted by Crippen LogP contribution is -2.31. The zero-order chi connectivity index (χ0) is 11.5. The summed E-state index contributed by atoms with van der Waals surface area (Å²) in [6, 6.07) is 3.62. The molecule has 7 heteroatoms. The Labute approximate surface area is 92.0 Å². The highest BCUT2D eigenvalue weighted by molar-refractivity contribution is 7.89. The summed E-state index contributed by atoms with van der Waals surface area (Å²) in [5.74, 6) is -2.21. The molecule has 1 aromatic rings. The fourth-order valence-corrected chi connectivity index (χ4v) is 2.69. The van der Waals surface area contributed by atoms with Crippen molar-refractivity contribution in [1.82, 2.24) is 4.31 Å². The van der Waals surface area contributed by atoms with Gasteiger partial charge in [-0.1, -0.05) is 6.07 Å². The van der Waals surface area contributed by atoms with E-state index in [1.165, 1.54) is 18.4 Å². The summed E-state index contributed by atoms with van der Waals surface area (Å²) >= 11 is 1.43. The Kier molecular flexibility index (Phi) is 3.83. The molecule has 0 unspecified atom stereocenters. The highest BCUT2D eigenvalue weighted by Gasteiger charge is 2.21. The number of thiophene rings is 1.